The van der Waals surface area contributed by atoms with Gasteiger partial charge in [-0.25, -0.2) is 4.98 Å². The van der Waals surface area contributed by atoms with Gasteiger partial charge in [0.25, 0.3) is 0 Å². The van der Waals surface area contributed by atoms with E-state index in [1.54, 1.807) is 30.3 Å². The zero-order chi connectivity index (χ0) is 17.6. The Labute approximate surface area is 150 Å². The van der Waals surface area contributed by atoms with E-state index in [9.17, 15) is 10.4 Å². The summed E-state index contributed by atoms with van der Waals surface area (Å²) >= 11 is 1.43. The van der Waals surface area contributed by atoms with Crippen LogP contribution in [-0.4, -0.2) is 16.7 Å². The summed E-state index contributed by atoms with van der Waals surface area (Å²) in [6.45, 7) is 2.58. The molecule has 0 bridgehead atoms. The van der Waals surface area contributed by atoms with E-state index in [-0.39, 0.29) is 5.75 Å². The van der Waals surface area contributed by atoms with Gasteiger partial charge in [0.1, 0.15) is 22.6 Å². The standard InChI is InChI=1S/C20H16N2O2S/c1-2-24-18-9-5-15(6-10-18)19-13-25-20(22-19)16(12-21)11-14-3-7-17(23)8-4-14/h3-11,13,23H,2H2,1H3. The third-order valence-electron chi connectivity index (χ3n) is 3.52. The Balaban J connectivity index is 1.86. The largest absolute Gasteiger partial charge is 0.508 e. The van der Waals surface area contributed by atoms with Gasteiger partial charge in [-0.05, 0) is 55.0 Å². The lowest BCUT2D eigenvalue weighted by Crippen LogP contribution is -1.90. The van der Waals surface area contributed by atoms with Gasteiger partial charge in [-0.15, -0.1) is 11.3 Å². The van der Waals surface area contributed by atoms with Crippen molar-refractivity contribution in [2.45, 2.75) is 6.92 Å². The van der Waals surface area contributed by atoms with Crippen LogP contribution in [0.4, 0.5) is 0 Å². The fourth-order valence-corrected chi connectivity index (χ4v) is 3.09. The van der Waals surface area contributed by atoms with E-state index in [4.69, 9.17) is 4.74 Å². The van der Waals surface area contributed by atoms with Crippen LogP contribution in [0.25, 0.3) is 22.9 Å². The van der Waals surface area contributed by atoms with Gasteiger partial charge >= 0.3 is 0 Å². The molecule has 0 aliphatic rings. The first-order valence-electron chi connectivity index (χ1n) is 7.79. The highest BCUT2D eigenvalue weighted by Gasteiger charge is 2.09. The number of aromatic nitrogens is 1. The third kappa shape index (κ3) is 4.06. The van der Waals surface area contributed by atoms with E-state index in [1.165, 1.54) is 11.3 Å². The molecule has 0 atom stereocenters. The van der Waals surface area contributed by atoms with Crippen molar-refractivity contribution in [3.63, 3.8) is 0 Å². The van der Waals surface area contributed by atoms with Gasteiger partial charge in [0.05, 0.1) is 17.9 Å². The van der Waals surface area contributed by atoms with Gasteiger partial charge in [-0.3, -0.25) is 0 Å². The molecular formula is C20H16N2O2S. The number of ether oxygens (including phenoxy) is 1. The number of hydrogen-bond acceptors (Lipinski definition) is 5. The molecule has 1 aromatic heterocycles. The molecule has 3 rings (SSSR count). The molecule has 1 N–H and O–H groups in total. The molecule has 124 valence electrons. The Morgan fingerprint density at radius 3 is 2.56 bits per heavy atom. The summed E-state index contributed by atoms with van der Waals surface area (Å²) in [6, 6.07) is 16.6. The summed E-state index contributed by atoms with van der Waals surface area (Å²) in [7, 11) is 0. The molecule has 0 fully saturated rings. The maximum atomic E-state index is 9.45. The molecule has 0 aliphatic carbocycles. The van der Waals surface area contributed by atoms with Crippen LogP contribution in [0.2, 0.25) is 0 Å². The third-order valence-corrected chi connectivity index (χ3v) is 4.40. The minimum Gasteiger partial charge on any atom is -0.508 e. The van der Waals surface area contributed by atoms with Gasteiger partial charge in [-0.1, -0.05) is 12.1 Å². The summed E-state index contributed by atoms with van der Waals surface area (Å²) < 4.78 is 5.44. The number of thiazole rings is 1. The topological polar surface area (TPSA) is 66.1 Å². The van der Waals surface area contributed by atoms with Crippen LogP contribution in [0.15, 0.2) is 53.9 Å². The molecule has 0 saturated carbocycles. The zero-order valence-electron chi connectivity index (χ0n) is 13.6. The van der Waals surface area contributed by atoms with Crippen molar-refractivity contribution in [2.24, 2.45) is 0 Å². The predicted molar refractivity (Wildman–Crippen MR) is 100 cm³/mol. The van der Waals surface area contributed by atoms with Crippen molar-refractivity contribution >= 4 is 23.0 Å². The van der Waals surface area contributed by atoms with Gasteiger partial charge < -0.3 is 9.84 Å². The molecule has 1 heterocycles. The molecular weight excluding hydrogens is 332 g/mol. The lowest BCUT2D eigenvalue weighted by molar-refractivity contribution is 0.340. The number of rotatable bonds is 5. The average Bonchev–Trinajstić information content (AvgIpc) is 3.12. The molecule has 0 unspecified atom stereocenters. The highest BCUT2D eigenvalue weighted by molar-refractivity contribution is 7.11. The molecule has 0 amide bonds. The Hall–Kier alpha value is -3.10. The first-order chi connectivity index (χ1) is 12.2. The number of benzene rings is 2. The van der Waals surface area contributed by atoms with E-state index in [1.807, 2.05) is 36.6 Å². The summed E-state index contributed by atoms with van der Waals surface area (Å²) in [5.41, 5.74) is 3.14. The van der Waals surface area contributed by atoms with Crippen LogP contribution >= 0.6 is 11.3 Å². The second-order valence-corrected chi connectivity index (χ2v) is 6.11. The summed E-state index contributed by atoms with van der Waals surface area (Å²) in [6.07, 6.45) is 1.76. The number of hydrogen-bond donors (Lipinski definition) is 1. The lowest BCUT2D eigenvalue weighted by Gasteiger charge is -2.03. The van der Waals surface area contributed by atoms with Crippen LogP contribution in [0.3, 0.4) is 0 Å². The Morgan fingerprint density at radius 2 is 1.92 bits per heavy atom. The van der Waals surface area contributed by atoms with Crippen molar-refractivity contribution in [1.82, 2.24) is 4.98 Å². The monoisotopic (exact) mass is 348 g/mol. The van der Waals surface area contributed by atoms with Crippen LogP contribution in [-0.2, 0) is 0 Å². The fourth-order valence-electron chi connectivity index (χ4n) is 2.30. The number of allylic oxidation sites excluding steroid dienone is 1. The zero-order valence-corrected chi connectivity index (χ0v) is 14.5. The van der Waals surface area contributed by atoms with Crippen LogP contribution in [0.5, 0.6) is 11.5 Å². The number of aromatic hydroxyl groups is 1. The molecule has 25 heavy (non-hydrogen) atoms. The van der Waals surface area contributed by atoms with Gasteiger partial charge in [0.15, 0.2) is 0 Å². The number of phenolic OH excluding ortho intramolecular Hbond substituents is 1. The van der Waals surface area contributed by atoms with Gasteiger partial charge in [-0.2, -0.15) is 5.26 Å². The van der Waals surface area contributed by atoms with E-state index < -0.39 is 0 Å². The van der Waals surface area contributed by atoms with E-state index in [0.717, 1.165) is 22.6 Å². The van der Waals surface area contributed by atoms with E-state index in [2.05, 4.69) is 11.1 Å². The smallest absolute Gasteiger partial charge is 0.134 e. The SMILES string of the molecule is CCOc1ccc(-c2csc(C(C#N)=Cc3ccc(O)cc3)n2)cc1. The predicted octanol–water partition coefficient (Wildman–Crippen LogP) is 4.98. The number of nitriles is 1. The van der Waals surface area contributed by atoms with Gasteiger partial charge in [0.2, 0.25) is 0 Å². The van der Waals surface area contributed by atoms with Crippen molar-refractivity contribution < 1.29 is 9.84 Å². The van der Waals surface area contributed by atoms with Crippen LogP contribution < -0.4 is 4.74 Å². The molecule has 0 aliphatic heterocycles. The normalized spacial score (nSPS) is 11.1. The number of phenols is 1. The van der Waals surface area contributed by atoms with Crippen molar-refractivity contribution in [3.8, 4) is 28.8 Å². The molecule has 4 nitrogen and oxygen atoms in total. The van der Waals surface area contributed by atoms with Crippen molar-refractivity contribution in [1.29, 1.82) is 5.26 Å². The minimum atomic E-state index is 0.197. The first kappa shape index (κ1) is 16.7. The molecule has 5 heteroatoms. The maximum absolute atomic E-state index is 9.45. The fraction of sp³-hybridized carbons (Fsp3) is 0.100. The van der Waals surface area contributed by atoms with Gasteiger partial charge in [0, 0.05) is 10.9 Å². The first-order valence-corrected chi connectivity index (χ1v) is 8.67. The lowest BCUT2D eigenvalue weighted by atomic mass is 10.1. The molecule has 3 aromatic rings. The summed E-state index contributed by atoms with van der Waals surface area (Å²) in [5.74, 6) is 1.02. The highest BCUT2D eigenvalue weighted by atomic mass is 32.1. The molecule has 2 aromatic carbocycles. The number of nitrogens with zero attached hydrogens (tertiary/aromatic N) is 2. The average molecular weight is 348 g/mol. The second kappa shape index (κ2) is 7.65. The highest BCUT2D eigenvalue weighted by Crippen LogP contribution is 2.28. The van der Waals surface area contributed by atoms with Crippen LogP contribution in [0, 0.1) is 11.3 Å². The quantitative estimate of drug-likeness (QED) is 0.661. The molecule has 0 radical (unpaired) electrons. The Bertz CT molecular complexity index is 920. The van der Waals surface area contributed by atoms with Crippen molar-refractivity contribution in [2.75, 3.05) is 6.61 Å². The minimum absolute atomic E-state index is 0.197. The van der Waals surface area contributed by atoms with Crippen molar-refractivity contribution in [3.05, 3.63) is 64.5 Å². The van der Waals surface area contributed by atoms with E-state index >= 15 is 0 Å². The van der Waals surface area contributed by atoms with E-state index in [0.29, 0.717) is 17.2 Å². The summed E-state index contributed by atoms with van der Waals surface area (Å²) in [4.78, 5) is 4.58. The Kier molecular flexibility index (Phi) is 5.12. The summed E-state index contributed by atoms with van der Waals surface area (Å²) in [5, 5.41) is 21.4. The maximum Gasteiger partial charge on any atom is 0.134 e. The van der Waals surface area contributed by atoms with Crippen LogP contribution in [0.1, 0.15) is 17.5 Å². The Morgan fingerprint density at radius 1 is 1.20 bits per heavy atom. The molecule has 0 spiro atoms. The second-order valence-electron chi connectivity index (χ2n) is 5.26. The molecule has 0 saturated heterocycles.